The van der Waals surface area contributed by atoms with E-state index in [9.17, 15) is 9.59 Å². The van der Waals surface area contributed by atoms with E-state index in [4.69, 9.17) is 0 Å². The Bertz CT molecular complexity index is 652. The fraction of sp³-hybridized carbons (Fsp3) is 0.579. The zero-order valence-corrected chi connectivity index (χ0v) is 15.1. The zero-order valence-electron chi connectivity index (χ0n) is 15.1. The van der Waals surface area contributed by atoms with Gasteiger partial charge in [0.05, 0.1) is 6.04 Å². The van der Waals surface area contributed by atoms with E-state index in [0.717, 1.165) is 0 Å². The molecule has 1 aromatic rings. The molecule has 0 saturated carbocycles. The molecule has 1 unspecified atom stereocenters. The van der Waals surface area contributed by atoms with Crippen molar-refractivity contribution in [2.24, 2.45) is 0 Å². The third-order valence-corrected chi connectivity index (χ3v) is 5.34. The molecule has 0 bridgehead atoms. The third kappa shape index (κ3) is 2.66. The molecule has 130 valence electrons. The lowest BCUT2D eigenvalue weighted by atomic mass is 9.75. The van der Waals surface area contributed by atoms with Crippen molar-refractivity contribution in [3.8, 4) is 0 Å². The van der Waals surface area contributed by atoms with Crippen LogP contribution in [0.25, 0.3) is 0 Å². The molecule has 1 fully saturated rings. The van der Waals surface area contributed by atoms with Crippen molar-refractivity contribution in [1.82, 2.24) is 14.7 Å². The van der Waals surface area contributed by atoms with Crippen LogP contribution in [0.5, 0.6) is 0 Å². The highest BCUT2D eigenvalue weighted by molar-refractivity contribution is 5.86. The number of hydrogen-bond donors (Lipinski definition) is 0. The summed E-state index contributed by atoms with van der Waals surface area (Å²) < 4.78 is 0. The highest BCUT2D eigenvalue weighted by Crippen LogP contribution is 2.41. The molecule has 0 aromatic heterocycles. The van der Waals surface area contributed by atoms with Gasteiger partial charge in [-0.15, -0.1) is 0 Å². The summed E-state index contributed by atoms with van der Waals surface area (Å²) in [5.41, 5.74) is 2.41. The lowest BCUT2D eigenvalue weighted by molar-refractivity contribution is -0.140. The van der Waals surface area contributed by atoms with Gasteiger partial charge >= 0.3 is 6.03 Å². The minimum absolute atomic E-state index is 0.0321. The monoisotopic (exact) mass is 329 g/mol. The quantitative estimate of drug-likeness (QED) is 0.837. The maximum atomic E-state index is 12.8. The number of carbonyl (C=O) groups is 2. The predicted molar refractivity (Wildman–Crippen MR) is 93.8 cm³/mol. The molecule has 3 amide bonds. The SMILES string of the molecule is CCN(CC)C(=O)N1CC(=O)N2CC(C)(C)c3ccccc3C2C1. The summed E-state index contributed by atoms with van der Waals surface area (Å²) in [5, 5.41) is 0. The van der Waals surface area contributed by atoms with Crippen LogP contribution in [0.1, 0.15) is 44.9 Å². The van der Waals surface area contributed by atoms with E-state index in [1.54, 1.807) is 9.80 Å². The molecule has 2 heterocycles. The van der Waals surface area contributed by atoms with Crippen molar-refractivity contribution < 1.29 is 9.59 Å². The van der Waals surface area contributed by atoms with E-state index >= 15 is 0 Å². The van der Waals surface area contributed by atoms with Gasteiger partial charge in [-0.05, 0) is 25.0 Å². The summed E-state index contributed by atoms with van der Waals surface area (Å²) in [6.07, 6.45) is 0. The van der Waals surface area contributed by atoms with Gasteiger partial charge in [-0.2, -0.15) is 0 Å². The highest BCUT2D eigenvalue weighted by atomic mass is 16.2. The van der Waals surface area contributed by atoms with Crippen molar-refractivity contribution in [2.75, 3.05) is 32.7 Å². The molecule has 24 heavy (non-hydrogen) atoms. The van der Waals surface area contributed by atoms with E-state index in [1.165, 1.54) is 11.1 Å². The van der Waals surface area contributed by atoms with Crippen molar-refractivity contribution in [2.45, 2.75) is 39.2 Å². The lowest BCUT2D eigenvalue weighted by Crippen LogP contribution is -2.60. The molecule has 2 aliphatic rings. The average Bonchev–Trinajstić information content (AvgIpc) is 2.57. The van der Waals surface area contributed by atoms with Crippen molar-refractivity contribution >= 4 is 11.9 Å². The summed E-state index contributed by atoms with van der Waals surface area (Å²) >= 11 is 0. The van der Waals surface area contributed by atoms with E-state index in [2.05, 4.69) is 32.0 Å². The van der Waals surface area contributed by atoms with Crippen LogP contribution in [0.2, 0.25) is 0 Å². The summed E-state index contributed by atoms with van der Waals surface area (Å²) in [7, 11) is 0. The molecule has 0 spiro atoms. The van der Waals surface area contributed by atoms with Crippen LogP contribution in [0.15, 0.2) is 24.3 Å². The van der Waals surface area contributed by atoms with Gasteiger partial charge in [-0.1, -0.05) is 38.1 Å². The maximum absolute atomic E-state index is 12.8. The molecule has 1 atom stereocenters. The third-order valence-electron chi connectivity index (χ3n) is 5.34. The number of nitrogens with zero attached hydrogens (tertiary/aromatic N) is 3. The Balaban J connectivity index is 1.94. The Labute approximate surface area is 144 Å². The van der Waals surface area contributed by atoms with Crippen LogP contribution >= 0.6 is 0 Å². The van der Waals surface area contributed by atoms with Gasteiger partial charge < -0.3 is 14.7 Å². The number of hydrogen-bond acceptors (Lipinski definition) is 2. The summed E-state index contributed by atoms with van der Waals surface area (Å²) in [6, 6.07) is 8.27. The molecular weight excluding hydrogens is 302 g/mol. The Morgan fingerprint density at radius 2 is 1.92 bits per heavy atom. The normalized spacial score (nSPS) is 22.0. The molecular formula is C19H27N3O2. The Morgan fingerprint density at radius 1 is 1.25 bits per heavy atom. The minimum Gasteiger partial charge on any atom is -0.331 e. The summed E-state index contributed by atoms with van der Waals surface area (Å²) in [5.74, 6) is 0.0503. The van der Waals surface area contributed by atoms with Crippen LogP contribution in [0, 0.1) is 0 Å². The molecule has 0 radical (unpaired) electrons. The standard InChI is InChI=1S/C19H27N3O2/c1-5-20(6-2)18(24)21-11-16-14-9-7-8-10-15(14)19(3,4)13-22(16)17(23)12-21/h7-10,16H,5-6,11-13H2,1-4H3. The van der Waals surface area contributed by atoms with Crippen molar-refractivity contribution in [3.63, 3.8) is 0 Å². The van der Waals surface area contributed by atoms with Gasteiger partial charge in [0.2, 0.25) is 5.91 Å². The maximum Gasteiger partial charge on any atom is 0.320 e. The molecule has 1 aromatic carbocycles. The number of rotatable bonds is 2. The number of carbonyl (C=O) groups excluding carboxylic acids is 2. The lowest BCUT2D eigenvalue weighted by Gasteiger charge is -2.50. The predicted octanol–water partition coefficient (Wildman–Crippen LogP) is 2.62. The fourth-order valence-corrected chi connectivity index (χ4v) is 4.02. The first-order chi connectivity index (χ1) is 11.4. The van der Waals surface area contributed by atoms with Crippen molar-refractivity contribution in [1.29, 1.82) is 0 Å². The highest BCUT2D eigenvalue weighted by Gasteiger charge is 2.44. The molecule has 0 aliphatic carbocycles. The second-order valence-corrected chi connectivity index (χ2v) is 7.34. The number of benzene rings is 1. The molecule has 2 aliphatic heterocycles. The second kappa shape index (κ2) is 6.11. The largest absolute Gasteiger partial charge is 0.331 e. The van der Waals surface area contributed by atoms with E-state index in [0.29, 0.717) is 26.2 Å². The van der Waals surface area contributed by atoms with Gasteiger partial charge in [0.15, 0.2) is 0 Å². The topological polar surface area (TPSA) is 43.9 Å². The molecule has 5 heteroatoms. The Morgan fingerprint density at radius 3 is 2.58 bits per heavy atom. The van der Waals surface area contributed by atoms with Crippen LogP contribution in [-0.2, 0) is 10.2 Å². The first-order valence-corrected chi connectivity index (χ1v) is 8.81. The molecule has 5 nitrogen and oxygen atoms in total. The number of fused-ring (bicyclic) bond motifs is 3. The number of urea groups is 1. The average molecular weight is 329 g/mol. The molecule has 3 rings (SSSR count). The smallest absolute Gasteiger partial charge is 0.320 e. The van der Waals surface area contributed by atoms with Crippen LogP contribution < -0.4 is 0 Å². The van der Waals surface area contributed by atoms with Gasteiger partial charge in [0.25, 0.3) is 0 Å². The summed E-state index contributed by atoms with van der Waals surface area (Å²) in [4.78, 5) is 30.9. The van der Waals surface area contributed by atoms with Crippen LogP contribution in [0.3, 0.4) is 0 Å². The van der Waals surface area contributed by atoms with Gasteiger partial charge in [0.1, 0.15) is 6.54 Å². The molecule has 1 saturated heterocycles. The van der Waals surface area contributed by atoms with Gasteiger partial charge in [-0.25, -0.2) is 4.79 Å². The Kier molecular flexibility index (Phi) is 4.28. The molecule has 0 N–H and O–H groups in total. The Hall–Kier alpha value is -2.04. The zero-order chi connectivity index (χ0) is 17.5. The first-order valence-electron chi connectivity index (χ1n) is 8.81. The fourth-order valence-electron chi connectivity index (χ4n) is 4.02. The van der Waals surface area contributed by atoms with E-state index < -0.39 is 0 Å². The van der Waals surface area contributed by atoms with Crippen LogP contribution in [-0.4, -0.2) is 59.4 Å². The van der Waals surface area contributed by atoms with Crippen molar-refractivity contribution in [3.05, 3.63) is 35.4 Å². The second-order valence-electron chi connectivity index (χ2n) is 7.34. The number of amides is 3. The number of piperazine rings is 1. The minimum atomic E-state index is -0.0617. The van der Waals surface area contributed by atoms with E-state index in [-0.39, 0.29) is 29.9 Å². The first kappa shape index (κ1) is 16.8. The van der Waals surface area contributed by atoms with Crippen LogP contribution in [0.4, 0.5) is 4.79 Å². The summed E-state index contributed by atoms with van der Waals surface area (Å²) in [6.45, 7) is 11.1. The van der Waals surface area contributed by atoms with Gasteiger partial charge in [-0.3, -0.25) is 4.79 Å². The van der Waals surface area contributed by atoms with E-state index in [1.807, 2.05) is 24.8 Å². The van der Waals surface area contributed by atoms with Gasteiger partial charge in [0, 0.05) is 31.6 Å².